The number of carbonyl (C=O) groups excluding carboxylic acids is 2. The quantitative estimate of drug-likeness (QED) is 0.0563. The van der Waals surface area contributed by atoms with Crippen molar-refractivity contribution in [2.75, 3.05) is 23.0 Å². The second kappa shape index (κ2) is 24.3. The first-order valence-electron chi connectivity index (χ1n) is 14.7. The Bertz CT molecular complexity index is 1370. The first kappa shape index (κ1) is 40.3. The molecule has 9 heteroatoms. The lowest BCUT2D eigenvalue weighted by Crippen LogP contribution is -2.23. The lowest BCUT2D eigenvalue weighted by atomic mass is 10.3. The zero-order valence-electron chi connectivity index (χ0n) is 26.6. The van der Waals surface area contributed by atoms with E-state index in [1.807, 2.05) is 72.8 Å². The number of rotatable bonds is 15. The molecule has 0 aromatic heterocycles. The van der Waals surface area contributed by atoms with Crippen LogP contribution in [0.1, 0.15) is 13.8 Å². The number of carbonyl (C=O) groups is 2. The molecule has 0 amide bonds. The summed E-state index contributed by atoms with van der Waals surface area (Å²) in [5.41, 5.74) is 0.820. The molecule has 248 valence electrons. The number of allylic oxidation sites excluding steroid dienone is 1. The van der Waals surface area contributed by atoms with Crippen molar-refractivity contribution >= 4 is 69.9 Å². The van der Waals surface area contributed by atoms with E-state index >= 15 is 0 Å². The van der Waals surface area contributed by atoms with Gasteiger partial charge in [-0.2, -0.15) is 0 Å². The third-order valence-corrected chi connectivity index (χ3v) is 10.6. The van der Waals surface area contributed by atoms with Crippen molar-refractivity contribution in [3.8, 4) is 0 Å². The number of hydrogen-bond acceptors (Lipinski definition) is 8. The lowest BCUT2D eigenvalue weighted by molar-refractivity contribution is -0.142. The second-order valence-corrected chi connectivity index (χ2v) is 14.7. The molecule has 4 nitrogen and oxygen atoms in total. The van der Waals surface area contributed by atoms with E-state index in [4.69, 9.17) is 16.3 Å². The molecule has 1 N–H and O–H groups in total. The maximum absolute atomic E-state index is 11.8. The zero-order chi connectivity index (χ0) is 34.3. The van der Waals surface area contributed by atoms with Gasteiger partial charge in [-0.25, -0.2) is 4.79 Å². The van der Waals surface area contributed by atoms with Gasteiger partial charge in [-0.05, 0) is 74.0 Å². The molecule has 4 aromatic rings. The van der Waals surface area contributed by atoms with E-state index in [2.05, 4.69) is 61.7 Å². The van der Waals surface area contributed by atoms with Gasteiger partial charge in [0, 0.05) is 53.7 Å². The van der Waals surface area contributed by atoms with Gasteiger partial charge in [0.05, 0.1) is 6.10 Å². The van der Waals surface area contributed by atoms with Crippen LogP contribution in [0, 0.1) is 0 Å². The molecule has 0 atom stereocenters. The van der Waals surface area contributed by atoms with Crippen LogP contribution in [0.4, 0.5) is 0 Å². The maximum atomic E-state index is 11.8. The van der Waals surface area contributed by atoms with Crippen molar-refractivity contribution in [2.24, 2.45) is 0 Å². The van der Waals surface area contributed by atoms with Crippen molar-refractivity contribution in [3.63, 3.8) is 0 Å². The predicted molar refractivity (Wildman–Crippen MR) is 205 cm³/mol. The van der Waals surface area contributed by atoms with Crippen LogP contribution in [0.15, 0.2) is 165 Å². The van der Waals surface area contributed by atoms with Crippen LogP contribution in [0.3, 0.4) is 0 Å². The summed E-state index contributed by atoms with van der Waals surface area (Å²) >= 11 is 11.7. The molecule has 0 saturated carbocycles. The van der Waals surface area contributed by atoms with Crippen LogP contribution in [0.5, 0.6) is 0 Å². The average Bonchev–Trinajstić information content (AvgIpc) is 3.10. The standard InChI is InChI=1S/C19H20O2S2.C15H16OS2.C4H5ClO/c1-15(2)19(20)21-16(13-22-17-9-5-3-6-10-17)14-23-18-11-7-4-8-12-18;16-13(11-17-14-7-3-1-4-8-14)12-18-15-9-5-2-6-10-15;1-3(2)4(5)6/h3-12,16H,1,13-14H2,2H3;1-10,13,16H,11-12H2;1H2,2H3. The Balaban J connectivity index is 0.000000284. The molecular formula is C38H41ClO4S4. The second-order valence-electron chi connectivity index (χ2n) is 10.0. The molecule has 0 saturated heterocycles. The Morgan fingerprint density at radius 2 is 0.872 bits per heavy atom. The normalized spacial score (nSPS) is 10.3. The van der Waals surface area contributed by atoms with Crippen molar-refractivity contribution in [3.05, 3.63) is 146 Å². The molecule has 4 aromatic carbocycles. The molecule has 0 radical (unpaired) electrons. The van der Waals surface area contributed by atoms with Gasteiger partial charge in [-0.1, -0.05) is 86.0 Å². The fourth-order valence-corrected chi connectivity index (χ4v) is 7.08. The van der Waals surface area contributed by atoms with Crippen molar-refractivity contribution in [2.45, 2.75) is 45.6 Å². The molecule has 0 aliphatic carbocycles. The number of hydrogen-bond donors (Lipinski definition) is 1. The molecule has 0 fully saturated rings. The summed E-state index contributed by atoms with van der Waals surface area (Å²) in [6.45, 7) is 10.2. The largest absolute Gasteiger partial charge is 0.457 e. The third kappa shape index (κ3) is 19.5. The molecule has 0 unspecified atom stereocenters. The molecule has 0 bridgehead atoms. The number of benzene rings is 4. The van der Waals surface area contributed by atoms with E-state index < -0.39 is 5.24 Å². The summed E-state index contributed by atoms with van der Waals surface area (Å²) < 4.78 is 5.58. The summed E-state index contributed by atoms with van der Waals surface area (Å²) in [6.07, 6.45) is -0.435. The van der Waals surface area contributed by atoms with Gasteiger partial charge < -0.3 is 9.84 Å². The molecule has 0 heterocycles. The Hall–Kier alpha value is -2.85. The Morgan fingerprint density at radius 3 is 1.13 bits per heavy atom. The van der Waals surface area contributed by atoms with Gasteiger partial charge in [0.1, 0.15) is 6.10 Å². The summed E-state index contributed by atoms with van der Waals surface area (Å²) in [4.78, 5) is 26.4. The highest BCUT2D eigenvalue weighted by atomic mass is 35.5. The van der Waals surface area contributed by atoms with E-state index in [1.165, 1.54) is 19.6 Å². The molecule has 47 heavy (non-hydrogen) atoms. The molecular weight excluding hydrogens is 684 g/mol. The molecule has 0 aliphatic heterocycles. The maximum Gasteiger partial charge on any atom is 0.333 e. The van der Waals surface area contributed by atoms with Gasteiger partial charge in [-0.15, -0.1) is 47.0 Å². The number of ether oxygens (including phenoxy) is 1. The number of esters is 1. The fourth-order valence-electron chi connectivity index (χ4n) is 3.25. The highest BCUT2D eigenvalue weighted by Crippen LogP contribution is 2.25. The van der Waals surface area contributed by atoms with E-state index in [-0.39, 0.29) is 18.2 Å². The highest BCUT2D eigenvalue weighted by Gasteiger charge is 2.16. The minimum atomic E-state index is -0.463. The Kier molecular flexibility index (Phi) is 20.9. The number of aliphatic hydroxyl groups excluding tert-OH is 1. The summed E-state index contributed by atoms with van der Waals surface area (Å²) in [6, 6.07) is 40.7. The smallest absolute Gasteiger partial charge is 0.333 e. The van der Waals surface area contributed by atoms with E-state index in [0.29, 0.717) is 11.1 Å². The predicted octanol–water partition coefficient (Wildman–Crippen LogP) is 10.3. The van der Waals surface area contributed by atoms with Crippen LogP contribution in [0.2, 0.25) is 0 Å². The minimum absolute atomic E-state index is 0.158. The number of thioether (sulfide) groups is 4. The van der Waals surface area contributed by atoms with Crippen molar-refractivity contribution in [1.29, 1.82) is 0 Å². The monoisotopic (exact) mass is 724 g/mol. The van der Waals surface area contributed by atoms with Crippen LogP contribution >= 0.6 is 58.6 Å². The van der Waals surface area contributed by atoms with E-state index in [9.17, 15) is 14.7 Å². The third-order valence-electron chi connectivity index (χ3n) is 5.69. The summed E-state index contributed by atoms with van der Waals surface area (Å²) in [5.74, 6) is 2.61. The molecule has 4 rings (SSSR count). The lowest BCUT2D eigenvalue weighted by Gasteiger charge is -2.17. The molecule has 0 aliphatic rings. The summed E-state index contributed by atoms with van der Waals surface area (Å²) in [7, 11) is 0. The molecule has 0 spiro atoms. The van der Waals surface area contributed by atoms with E-state index in [1.54, 1.807) is 60.9 Å². The minimum Gasteiger partial charge on any atom is -0.457 e. The first-order valence-corrected chi connectivity index (χ1v) is 19.1. The highest BCUT2D eigenvalue weighted by molar-refractivity contribution is 8.00. The fraction of sp³-hybridized carbons (Fsp3) is 0.211. The SMILES string of the molecule is C=C(C)C(=O)Cl.C=C(C)C(=O)OC(CSc1ccccc1)CSc1ccccc1.OC(CSc1ccccc1)CSc1ccccc1. The van der Waals surface area contributed by atoms with Gasteiger partial charge >= 0.3 is 5.97 Å². The van der Waals surface area contributed by atoms with Crippen LogP contribution in [-0.4, -0.2) is 51.5 Å². The van der Waals surface area contributed by atoms with Gasteiger partial charge in [0.25, 0.3) is 0 Å². The van der Waals surface area contributed by atoms with Crippen LogP contribution in [-0.2, 0) is 14.3 Å². The van der Waals surface area contributed by atoms with Crippen LogP contribution in [0.25, 0.3) is 0 Å². The van der Waals surface area contributed by atoms with Gasteiger partial charge in [0.2, 0.25) is 5.24 Å². The van der Waals surface area contributed by atoms with Gasteiger partial charge in [0.15, 0.2) is 0 Å². The Morgan fingerprint density at radius 1 is 0.596 bits per heavy atom. The summed E-state index contributed by atoms with van der Waals surface area (Å²) in [5, 5.41) is 9.47. The van der Waals surface area contributed by atoms with E-state index in [0.717, 1.165) is 23.0 Å². The van der Waals surface area contributed by atoms with Crippen LogP contribution < -0.4 is 0 Å². The van der Waals surface area contributed by atoms with Gasteiger partial charge in [-0.3, -0.25) is 4.79 Å². The Labute approximate surface area is 301 Å². The van der Waals surface area contributed by atoms with Crippen molar-refractivity contribution in [1.82, 2.24) is 0 Å². The first-order chi connectivity index (χ1) is 22.6. The topological polar surface area (TPSA) is 63.6 Å². The number of halogens is 1. The average molecular weight is 725 g/mol. The van der Waals surface area contributed by atoms with Crippen molar-refractivity contribution < 1.29 is 19.4 Å². The number of aliphatic hydroxyl groups is 1. The zero-order valence-corrected chi connectivity index (χ0v) is 30.6.